The molecule has 0 aromatic carbocycles. The summed E-state index contributed by atoms with van der Waals surface area (Å²) < 4.78 is 10.5. The van der Waals surface area contributed by atoms with E-state index in [4.69, 9.17) is 9.47 Å². The van der Waals surface area contributed by atoms with E-state index in [2.05, 4.69) is 26.1 Å². The third kappa shape index (κ3) is 5.83. The first-order valence-corrected chi connectivity index (χ1v) is 6.95. The smallest absolute Gasteiger partial charge is 0.328 e. The second-order valence-electron chi connectivity index (χ2n) is 4.95. The van der Waals surface area contributed by atoms with E-state index in [-0.39, 0.29) is 5.97 Å². The summed E-state index contributed by atoms with van der Waals surface area (Å²) in [6.45, 7) is 10.1. The molecular weight excluding hydrogens is 230 g/mol. The first-order valence-electron chi connectivity index (χ1n) is 6.95. The summed E-state index contributed by atoms with van der Waals surface area (Å²) in [5, 5.41) is 3.21. The highest BCUT2D eigenvalue weighted by Crippen LogP contribution is 2.12. The minimum atomic E-state index is -0.739. The van der Waals surface area contributed by atoms with Crippen LogP contribution in [0.25, 0.3) is 0 Å². The Bertz CT molecular complexity index is 229. The monoisotopic (exact) mass is 259 g/mol. The van der Waals surface area contributed by atoms with Crippen LogP contribution in [-0.2, 0) is 14.3 Å². The van der Waals surface area contributed by atoms with Crippen molar-refractivity contribution in [1.82, 2.24) is 5.32 Å². The molecule has 0 radical (unpaired) electrons. The highest BCUT2D eigenvalue weighted by atomic mass is 16.5. The molecule has 0 aliphatic rings. The van der Waals surface area contributed by atoms with Gasteiger partial charge in [-0.2, -0.15) is 0 Å². The number of hydrogen-bond donors (Lipinski definition) is 1. The zero-order chi connectivity index (χ0) is 14.0. The molecule has 0 spiro atoms. The lowest BCUT2D eigenvalue weighted by Crippen LogP contribution is -2.54. The highest BCUT2D eigenvalue weighted by Gasteiger charge is 2.34. The van der Waals surface area contributed by atoms with Crippen LogP contribution in [0.1, 0.15) is 47.0 Å². The Morgan fingerprint density at radius 2 is 1.89 bits per heavy atom. The summed E-state index contributed by atoms with van der Waals surface area (Å²) in [7, 11) is 1.41. The molecule has 108 valence electrons. The molecule has 0 saturated carbocycles. The summed E-state index contributed by atoms with van der Waals surface area (Å²) in [5.41, 5.74) is -0.739. The van der Waals surface area contributed by atoms with E-state index in [0.29, 0.717) is 19.1 Å². The average molecular weight is 259 g/mol. The van der Waals surface area contributed by atoms with Crippen LogP contribution in [-0.4, -0.2) is 38.4 Å². The molecule has 0 heterocycles. The zero-order valence-electron chi connectivity index (χ0n) is 12.5. The SMILES string of the molecule is CCCNC(C)(COCC(CC)CC)C(=O)OC. The van der Waals surface area contributed by atoms with Crippen molar-refractivity contribution < 1.29 is 14.3 Å². The predicted molar refractivity (Wildman–Crippen MR) is 73.6 cm³/mol. The Hall–Kier alpha value is -0.610. The van der Waals surface area contributed by atoms with Crippen molar-refractivity contribution in [2.75, 3.05) is 26.9 Å². The lowest BCUT2D eigenvalue weighted by atomic mass is 10.0. The van der Waals surface area contributed by atoms with Gasteiger partial charge in [0.15, 0.2) is 0 Å². The van der Waals surface area contributed by atoms with Crippen LogP contribution in [0.4, 0.5) is 0 Å². The minimum Gasteiger partial charge on any atom is -0.468 e. The fourth-order valence-electron chi connectivity index (χ4n) is 1.76. The second-order valence-corrected chi connectivity index (χ2v) is 4.95. The van der Waals surface area contributed by atoms with Gasteiger partial charge in [0.1, 0.15) is 5.54 Å². The van der Waals surface area contributed by atoms with Gasteiger partial charge in [0.25, 0.3) is 0 Å². The van der Waals surface area contributed by atoms with E-state index in [1.165, 1.54) is 7.11 Å². The van der Waals surface area contributed by atoms with E-state index in [1.807, 2.05) is 6.92 Å². The fourth-order valence-corrected chi connectivity index (χ4v) is 1.76. The first kappa shape index (κ1) is 17.4. The summed E-state index contributed by atoms with van der Waals surface area (Å²) in [4.78, 5) is 11.8. The maximum absolute atomic E-state index is 11.8. The van der Waals surface area contributed by atoms with Crippen molar-refractivity contribution >= 4 is 5.97 Å². The summed E-state index contributed by atoms with van der Waals surface area (Å²) in [6.07, 6.45) is 3.18. The van der Waals surface area contributed by atoms with Crippen LogP contribution in [0.2, 0.25) is 0 Å². The van der Waals surface area contributed by atoms with Crippen LogP contribution in [0, 0.1) is 5.92 Å². The van der Waals surface area contributed by atoms with E-state index in [1.54, 1.807) is 0 Å². The lowest BCUT2D eigenvalue weighted by Gasteiger charge is -2.28. The number of carbonyl (C=O) groups is 1. The molecule has 0 fully saturated rings. The number of ether oxygens (including phenoxy) is 2. The van der Waals surface area contributed by atoms with Gasteiger partial charge in [0.05, 0.1) is 13.7 Å². The van der Waals surface area contributed by atoms with Crippen molar-refractivity contribution in [3.63, 3.8) is 0 Å². The van der Waals surface area contributed by atoms with Crippen LogP contribution in [0.3, 0.4) is 0 Å². The first-order chi connectivity index (χ1) is 8.53. The van der Waals surface area contributed by atoms with E-state index >= 15 is 0 Å². The number of hydrogen-bond acceptors (Lipinski definition) is 4. The van der Waals surface area contributed by atoms with Gasteiger partial charge in [-0.1, -0.05) is 33.6 Å². The molecule has 1 unspecified atom stereocenters. The quantitative estimate of drug-likeness (QED) is 0.612. The molecule has 0 bridgehead atoms. The number of esters is 1. The molecular formula is C14H29NO3. The van der Waals surface area contributed by atoms with Crippen LogP contribution in [0.15, 0.2) is 0 Å². The Balaban J connectivity index is 4.28. The minimum absolute atomic E-state index is 0.263. The zero-order valence-corrected chi connectivity index (χ0v) is 12.5. The molecule has 0 amide bonds. The summed E-state index contributed by atoms with van der Waals surface area (Å²) in [6, 6.07) is 0. The third-order valence-corrected chi connectivity index (χ3v) is 3.30. The molecule has 0 aromatic heterocycles. The Morgan fingerprint density at radius 3 is 2.33 bits per heavy atom. The molecule has 4 nitrogen and oxygen atoms in total. The normalized spacial score (nSPS) is 14.6. The van der Waals surface area contributed by atoms with Gasteiger partial charge in [0, 0.05) is 6.61 Å². The van der Waals surface area contributed by atoms with Crippen molar-refractivity contribution in [1.29, 1.82) is 0 Å². The maximum Gasteiger partial charge on any atom is 0.328 e. The van der Waals surface area contributed by atoms with Crippen molar-refractivity contribution in [3.05, 3.63) is 0 Å². The fraction of sp³-hybridized carbons (Fsp3) is 0.929. The molecule has 4 heteroatoms. The molecule has 1 atom stereocenters. The van der Waals surface area contributed by atoms with Crippen molar-refractivity contribution in [2.24, 2.45) is 5.92 Å². The van der Waals surface area contributed by atoms with Gasteiger partial charge < -0.3 is 14.8 Å². The van der Waals surface area contributed by atoms with Gasteiger partial charge in [-0.3, -0.25) is 0 Å². The van der Waals surface area contributed by atoms with Crippen LogP contribution < -0.4 is 5.32 Å². The molecule has 0 aliphatic heterocycles. The number of rotatable bonds is 10. The Kier molecular flexibility index (Phi) is 9.02. The van der Waals surface area contributed by atoms with E-state index in [9.17, 15) is 4.79 Å². The summed E-state index contributed by atoms with van der Waals surface area (Å²) in [5.74, 6) is 0.304. The van der Waals surface area contributed by atoms with Gasteiger partial charge >= 0.3 is 5.97 Å². The number of nitrogens with one attached hydrogen (secondary N) is 1. The lowest BCUT2D eigenvalue weighted by molar-refractivity contribution is -0.150. The molecule has 1 N–H and O–H groups in total. The predicted octanol–water partition coefficient (Wildman–Crippen LogP) is 2.37. The molecule has 0 rings (SSSR count). The third-order valence-electron chi connectivity index (χ3n) is 3.30. The van der Waals surface area contributed by atoms with Gasteiger partial charge in [-0.05, 0) is 25.8 Å². The standard InChI is InChI=1S/C14H29NO3/c1-6-9-15-14(4,13(16)17-5)11-18-10-12(7-2)8-3/h12,15H,6-11H2,1-5H3. The van der Waals surface area contributed by atoms with Gasteiger partial charge in [0.2, 0.25) is 0 Å². The maximum atomic E-state index is 11.8. The average Bonchev–Trinajstić information content (AvgIpc) is 2.40. The molecule has 0 saturated heterocycles. The molecule has 0 aromatic rings. The van der Waals surface area contributed by atoms with Crippen molar-refractivity contribution in [3.8, 4) is 0 Å². The molecule has 0 aliphatic carbocycles. The Morgan fingerprint density at radius 1 is 1.28 bits per heavy atom. The van der Waals surface area contributed by atoms with Gasteiger partial charge in [-0.15, -0.1) is 0 Å². The van der Waals surface area contributed by atoms with E-state index in [0.717, 1.165) is 25.8 Å². The summed E-state index contributed by atoms with van der Waals surface area (Å²) >= 11 is 0. The largest absolute Gasteiger partial charge is 0.468 e. The van der Waals surface area contributed by atoms with Crippen molar-refractivity contribution in [2.45, 2.75) is 52.5 Å². The van der Waals surface area contributed by atoms with E-state index < -0.39 is 5.54 Å². The highest BCUT2D eigenvalue weighted by molar-refractivity contribution is 5.80. The number of methoxy groups -OCH3 is 1. The second kappa shape index (κ2) is 9.34. The number of carbonyl (C=O) groups excluding carboxylic acids is 1. The van der Waals surface area contributed by atoms with Gasteiger partial charge in [-0.25, -0.2) is 4.79 Å². The Labute approximate surface area is 111 Å². The van der Waals surface area contributed by atoms with Crippen LogP contribution >= 0.6 is 0 Å². The topological polar surface area (TPSA) is 47.6 Å². The van der Waals surface area contributed by atoms with Crippen LogP contribution in [0.5, 0.6) is 0 Å². The molecule has 18 heavy (non-hydrogen) atoms.